The van der Waals surface area contributed by atoms with E-state index in [1.807, 2.05) is 30.3 Å². The summed E-state index contributed by atoms with van der Waals surface area (Å²) in [6, 6.07) is 21.0. The van der Waals surface area contributed by atoms with Crippen LogP contribution in [0.1, 0.15) is 20.7 Å². The van der Waals surface area contributed by atoms with Gasteiger partial charge in [0.05, 0.1) is 7.11 Å². The van der Waals surface area contributed by atoms with E-state index in [1.165, 1.54) is 13.2 Å². The first-order valence-electron chi connectivity index (χ1n) is 7.76. The van der Waals surface area contributed by atoms with Crippen molar-refractivity contribution >= 4 is 12.6 Å². The van der Waals surface area contributed by atoms with Crippen molar-refractivity contribution in [1.82, 2.24) is 0 Å². The van der Waals surface area contributed by atoms with Crippen molar-refractivity contribution in [3.05, 3.63) is 83.9 Å². The number of phenolic OH excluding ortho intramolecular Hbond substituents is 1. The van der Waals surface area contributed by atoms with Gasteiger partial charge in [0.2, 0.25) is 0 Å². The summed E-state index contributed by atoms with van der Waals surface area (Å²) < 4.78 is 10.3. The van der Waals surface area contributed by atoms with Crippen LogP contribution in [0.4, 0.5) is 0 Å². The molecule has 26 heavy (non-hydrogen) atoms. The molecule has 0 aromatic heterocycles. The first kappa shape index (κ1) is 18.7. The second-order valence-corrected chi connectivity index (χ2v) is 5.15. The zero-order valence-electron chi connectivity index (χ0n) is 14.2. The van der Waals surface area contributed by atoms with E-state index in [1.54, 1.807) is 36.4 Å². The van der Waals surface area contributed by atoms with E-state index in [4.69, 9.17) is 14.6 Å². The lowest BCUT2D eigenvalue weighted by molar-refractivity contribution is 0.111. The standard InChI is InChI=1S/C13H10O2.C8H8O3/c14-10-11-6-8-13(9-7-11)15-12-4-2-1-3-5-12;1-11-8-3-2-6(5-9)4-7(8)10/h1-10H;2-5,10H,1H3. The molecule has 5 nitrogen and oxygen atoms in total. The number of carbonyl (C=O) groups excluding carboxylic acids is 2. The number of aldehydes is 2. The molecular weight excluding hydrogens is 332 g/mol. The normalized spacial score (nSPS) is 9.42. The minimum absolute atomic E-state index is 0.0166. The van der Waals surface area contributed by atoms with Gasteiger partial charge in [-0.1, -0.05) is 18.2 Å². The maximum atomic E-state index is 10.4. The fourth-order valence-electron chi connectivity index (χ4n) is 2.02. The van der Waals surface area contributed by atoms with Crippen molar-refractivity contribution in [3.8, 4) is 23.0 Å². The van der Waals surface area contributed by atoms with Gasteiger partial charge in [0.25, 0.3) is 0 Å². The van der Waals surface area contributed by atoms with Crippen LogP contribution in [-0.2, 0) is 0 Å². The Kier molecular flexibility index (Phi) is 6.94. The molecule has 3 aromatic carbocycles. The second kappa shape index (κ2) is 9.64. The molecule has 3 rings (SSSR count). The van der Waals surface area contributed by atoms with Gasteiger partial charge < -0.3 is 14.6 Å². The average molecular weight is 350 g/mol. The van der Waals surface area contributed by atoms with Crippen molar-refractivity contribution in [1.29, 1.82) is 0 Å². The van der Waals surface area contributed by atoms with Gasteiger partial charge in [-0.2, -0.15) is 0 Å². The maximum absolute atomic E-state index is 10.4. The Labute approximate surface area is 151 Å². The number of carbonyl (C=O) groups is 2. The Morgan fingerprint density at radius 1 is 0.769 bits per heavy atom. The van der Waals surface area contributed by atoms with Gasteiger partial charge >= 0.3 is 0 Å². The molecule has 0 unspecified atom stereocenters. The summed E-state index contributed by atoms with van der Waals surface area (Å²) in [5, 5.41) is 9.14. The van der Waals surface area contributed by atoms with Crippen molar-refractivity contribution in [2.75, 3.05) is 7.11 Å². The number of rotatable bonds is 5. The lowest BCUT2D eigenvalue weighted by Gasteiger charge is -2.04. The van der Waals surface area contributed by atoms with Crippen LogP contribution >= 0.6 is 0 Å². The third-order valence-corrected chi connectivity index (χ3v) is 3.33. The molecule has 0 saturated carbocycles. The fourth-order valence-corrected chi connectivity index (χ4v) is 2.02. The first-order chi connectivity index (χ1) is 12.7. The number of hydrogen-bond donors (Lipinski definition) is 1. The quantitative estimate of drug-likeness (QED) is 0.686. The smallest absolute Gasteiger partial charge is 0.160 e. The van der Waals surface area contributed by atoms with Crippen LogP contribution in [-0.4, -0.2) is 24.8 Å². The molecule has 0 fully saturated rings. The van der Waals surface area contributed by atoms with Gasteiger partial charge in [-0.25, -0.2) is 0 Å². The monoisotopic (exact) mass is 350 g/mol. The van der Waals surface area contributed by atoms with Crippen molar-refractivity contribution in [3.63, 3.8) is 0 Å². The molecular formula is C21H18O5. The van der Waals surface area contributed by atoms with E-state index in [0.29, 0.717) is 23.2 Å². The number of phenols is 1. The molecule has 0 heterocycles. The van der Waals surface area contributed by atoms with Crippen LogP contribution in [0.5, 0.6) is 23.0 Å². The van der Waals surface area contributed by atoms with E-state index in [0.717, 1.165) is 17.8 Å². The summed E-state index contributed by atoms with van der Waals surface area (Å²) in [6.45, 7) is 0. The number of benzene rings is 3. The fraction of sp³-hybridized carbons (Fsp3) is 0.0476. The zero-order chi connectivity index (χ0) is 18.8. The van der Waals surface area contributed by atoms with Gasteiger partial charge in [0.1, 0.15) is 24.1 Å². The van der Waals surface area contributed by atoms with Crippen LogP contribution in [0, 0.1) is 0 Å². The predicted molar refractivity (Wildman–Crippen MR) is 98.4 cm³/mol. The predicted octanol–water partition coefficient (Wildman–Crippen LogP) is 4.50. The number of methoxy groups -OCH3 is 1. The Morgan fingerprint density at radius 3 is 1.88 bits per heavy atom. The van der Waals surface area contributed by atoms with E-state index < -0.39 is 0 Å². The molecule has 0 aliphatic rings. The summed E-state index contributed by atoms with van der Waals surface area (Å²) in [4.78, 5) is 20.6. The van der Waals surface area contributed by atoms with Crippen molar-refractivity contribution in [2.24, 2.45) is 0 Å². The molecule has 0 saturated heterocycles. The highest BCUT2D eigenvalue weighted by Crippen LogP contribution is 2.25. The van der Waals surface area contributed by atoms with E-state index in [2.05, 4.69) is 0 Å². The minimum Gasteiger partial charge on any atom is -0.504 e. The highest BCUT2D eigenvalue weighted by molar-refractivity contribution is 5.76. The van der Waals surface area contributed by atoms with E-state index in [9.17, 15) is 9.59 Å². The van der Waals surface area contributed by atoms with Crippen molar-refractivity contribution in [2.45, 2.75) is 0 Å². The molecule has 3 aromatic rings. The van der Waals surface area contributed by atoms with Crippen LogP contribution in [0.15, 0.2) is 72.8 Å². The molecule has 0 spiro atoms. The Balaban J connectivity index is 0.000000197. The van der Waals surface area contributed by atoms with Crippen LogP contribution in [0.25, 0.3) is 0 Å². The molecule has 0 bridgehead atoms. The summed E-state index contributed by atoms with van der Waals surface area (Å²) in [7, 11) is 1.45. The zero-order valence-corrected chi connectivity index (χ0v) is 14.2. The third-order valence-electron chi connectivity index (χ3n) is 3.33. The van der Waals surface area contributed by atoms with Crippen LogP contribution < -0.4 is 9.47 Å². The molecule has 132 valence electrons. The summed E-state index contributed by atoms with van der Waals surface area (Å²) in [5.74, 6) is 1.87. The Bertz CT molecular complexity index is 842. The maximum Gasteiger partial charge on any atom is 0.160 e. The Hall–Kier alpha value is -3.60. The van der Waals surface area contributed by atoms with E-state index in [-0.39, 0.29) is 5.75 Å². The second-order valence-electron chi connectivity index (χ2n) is 5.15. The topological polar surface area (TPSA) is 72.8 Å². The first-order valence-corrected chi connectivity index (χ1v) is 7.76. The molecule has 0 radical (unpaired) electrons. The van der Waals surface area contributed by atoms with Crippen molar-refractivity contribution < 1.29 is 24.2 Å². The molecule has 1 N–H and O–H groups in total. The molecule has 5 heteroatoms. The summed E-state index contributed by atoms with van der Waals surface area (Å²) in [5.41, 5.74) is 1.08. The van der Waals surface area contributed by atoms with Crippen LogP contribution in [0.2, 0.25) is 0 Å². The highest BCUT2D eigenvalue weighted by Gasteiger charge is 2.00. The largest absolute Gasteiger partial charge is 0.504 e. The summed E-state index contributed by atoms with van der Waals surface area (Å²) >= 11 is 0. The number of para-hydroxylation sites is 1. The highest BCUT2D eigenvalue weighted by atomic mass is 16.5. The van der Waals surface area contributed by atoms with Gasteiger partial charge in [-0.05, 0) is 54.6 Å². The Morgan fingerprint density at radius 2 is 1.35 bits per heavy atom. The molecule has 0 amide bonds. The number of ether oxygens (including phenoxy) is 2. The molecule has 0 atom stereocenters. The van der Waals surface area contributed by atoms with Gasteiger partial charge in [-0.15, -0.1) is 0 Å². The SMILES string of the molecule is COc1ccc(C=O)cc1O.O=Cc1ccc(Oc2ccccc2)cc1. The number of hydrogen-bond acceptors (Lipinski definition) is 5. The molecule has 0 aliphatic heterocycles. The third kappa shape index (κ3) is 5.49. The van der Waals surface area contributed by atoms with Gasteiger partial charge in [-0.3, -0.25) is 9.59 Å². The lowest BCUT2D eigenvalue weighted by Crippen LogP contribution is -1.85. The average Bonchev–Trinajstić information content (AvgIpc) is 2.70. The number of aromatic hydroxyl groups is 1. The molecule has 0 aliphatic carbocycles. The van der Waals surface area contributed by atoms with Crippen LogP contribution in [0.3, 0.4) is 0 Å². The summed E-state index contributed by atoms with van der Waals surface area (Å²) in [6.07, 6.45) is 1.48. The van der Waals surface area contributed by atoms with Gasteiger partial charge in [0, 0.05) is 11.1 Å². The minimum atomic E-state index is -0.0166. The lowest BCUT2D eigenvalue weighted by atomic mass is 10.2. The van der Waals surface area contributed by atoms with Gasteiger partial charge in [0.15, 0.2) is 11.5 Å². The van der Waals surface area contributed by atoms with E-state index >= 15 is 0 Å².